The minimum atomic E-state index is -0.560. The number of benzene rings is 1. The third kappa shape index (κ3) is 3.50. The Balaban J connectivity index is 1.54. The molecule has 1 aromatic rings. The topological polar surface area (TPSA) is 80.7 Å². The highest BCUT2D eigenvalue weighted by Gasteiger charge is 2.66. The number of ketones is 2. The van der Waals surface area contributed by atoms with Crippen LogP contribution in [0.2, 0.25) is 0 Å². The second kappa shape index (κ2) is 8.04. The van der Waals surface area contributed by atoms with Crippen molar-refractivity contribution in [3.8, 4) is 0 Å². The van der Waals surface area contributed by atoms with E-state index in [-0.39, 0.29) is 64.1 Å². The number of carbonyl (C=O) groups is 3. The SMILES string of the molecule is CC(=O)[C@H]1CC[C@H]2[C@H]3[C@H]([C@H](O)C[C@]12C)[C@@]1(C)CCC(=O)C[C@H]1C[C@@H]3OC(=O)c1ccccc1. The average Bonchev–Trinajstić information content (AvgIpc) is 3.11. The lowest BCUT2D eigenvalue weighted by Gasteiger charge is -2.63. The summed E-state index contributed by atoms with van der Waals surface area (Å²) in [6.45, 7) is 6.10. The third-order valence-corrected chi connectivity index (χ3v) is 10.2. The van der Waals surface area contributed by atoms with Gasteiger partial charge in [0, 0.05) is 24.7 Å². The van der Waals surface area contributed by atoms with Gasteiger partial charge in [-0.05, 0) is 79.7 Å². The lowest BCUT2D eigenvalue weighted by atomic mass is 9.43. The van der Waals surface area contributed by atoms with Gasteiger partial charge in [0.1, 0.15) is 17.7 Å². The molecule has 0 heterocycles. The first-order valence-electron chi connectivity index (χ1n) is 12.6. The van der Waals surface area contributed by atoms with E-state index in [1.165, 1.54) is 0 Å². The number of fused-ring (bicyclic) bond motifs is 5. The molecule has 4 saturated carbocycles. The molecule has 5 heteroatoms. The molecule has 0 radical (unpaired) electrons. The molecule has 9 atom stereocenters. The van der Waals surface area contributed by atoms with Gasteiger partial charge in [0.25, 0.3) is 0 Å². The van der Waals surface area contributed by atoms with Crippen LogP contribution in [0, 0.1) is 40.4 Å². The van der Waals surface area contributed by atoms with Crippen LogP contribution >= 0.6 is 0 Å². The number of hydrogen-bond donors (Lipinski definition) is 1. The van der Waals surface area contributed by atoms with Crippen molar-refractivity contribution in [3.05, 3.63) is 35.9 Å². The number of Topliss-reactive ketones (excluding diaryl/α,β-unsaturated/α-hetero) is 2. The fraction of sp³-hybridized carbons (Fsp3) is 0.679. The highest BCUT2D eigenvalue weighted by molar-refractivity contribution is 5.89. The van der Waals surface area contributed by atoms with E-state index in [0.29, 0.717) is 31.2 Å². The van der Waals surface area contributed by atoms with E-state index < -0.39 is 6.10 Å². The smallest absolute Gasteiger partial charge is 0.338 e. The van der Waals surface area contributed by atoms with Gasteiger partial charge in [-0.25, -0.2) is 4.79 Å². The van der Waals surface area contributed by atoms with Gasteiger partial charge >= 0.3 is 5.97 Å². The molecule has 4 aliphatic rings. The average molecular weight is 453 g/mol. The standard InChI is InChI=1S/C28H36O5/c1-16(29)20-9-10-21-24-23(33-26(32)17-7-5-4-6-8-17)14-18-13-19(30)11-12-27(18,2)25(24)22(31)15-28(20,21)3/h4-8,18,20-25,31H,9-15H2,1-3H3/t18-,20+,21-,22+,23-,24+,25-,27-,28+/m0/s1. The predicted molar refractivity (Wildman–Crippen MR) is 123 cm³/mol. The lowest BCUT2D eigenvalue weighted by Crippen LogP contribution is -2.63. The first-order chi connectivity index (χ1) is 15.6. The van der Waals surface area contributed by atoms with Gasteiger partial charge in [-0.15, -0.1) is 0 Å². The van der Waals surface area contributed by atoms with Crippen molar-refractivity contribution in [2.45, 2.75) is 77.9 Å². The summed E-state index contributed by atoms with van der Waals surface area (Å²) in [6.07, 6.45) is 3.97. The van der Waals surface area contributed by atoms with E-state index in [1.54, 1.807) is 19.1 Å². The molecule has 4 fully saturated rings. The molecule has 0 bridgehead atoms. The van der Waals surface area contributed by atoms with Gasteiger partial charge in [0.05, 0.1) is 11.7 Å². The second-order valence-electron chi connectivity index (χ2n) is 11.7. The largest absolute Gasteiger partial charge is 0.458 e. The van der Waals surface area contributed by atoms with Crippen LogP contribution in [-0.4, -0.2) is 34.9 Å². The molecular formula is C28H36O5. The molecule has 1 N–H and O–H groups in total. The Morgan fingerprint density at radius 1 is 1.09 bits per heavy atom. The van der Waals surface area contributed by atoms with Crippen molar-refractivity contribution in [3.63, 3.8) is 0 Å². The molecule has 1 aromatic carbocycles. The molecule has 0 amide bonds. The normalized spacial score (nSPS) is 44.4. The fourth-order valence-electron chi connectivity index (χ4n) is 8.67. The van der Waals surface area contributed by atoms with Crippen LogP contribution in [-0.2, 0) is 14.3 Å². The van der Waals surface area contributed by atoms with Crippen LogP contribution in [0.5, 0.6) is 0 Å². The Bertz CT molecular complexity index is 956. The third-order valence-electron chi connectivity index (χ3n) is 10.2. The van der Waals surface area contributed by atoms with Crippen LogP contribution in [0.15, 0.2) is 30.3 Å². The van der Waals surface area contributed by atoms with Crippen LogP contribution in [0.1, 0.15) is 76.1 Å². The Labute approximate surface area is 196 Å². The van der Waals surface area contributed by atoms with Crippen LogP contribution in [0.3, 0.4) is 0 Å². The number of aliphatic hydroxyl groups excluding tert-OH is 1. The number of hydrogen-bond acceptors (Lipinski definition) is 5. The van der Waals surface area contributed by atoms with E-state index in [4.69, 9.17) is 4.74 Å². The zero-order chi connectivity index (χ0) is 23.5. The van der Waals surface area contributed by atoms with E-state index in [2.05, 4.69) is 13.8 Å². The highest BCUT2D eigenvalue weighted by Crippen LogP contribution is 2.67. The van der Waals surface area contributed by atoms with Gasteiger partial charge < -0.3 is 9.84 Å². The second-order valence-corrected chi connectivity index (χ2v) is 11.7. The summed E-state index contributed by atoms with van der Waals surface area (Å²) >= 11 is 0. The number of carbonyl (C=O) groups excluding carboxylic acids is 3. The van der Waals surface area contributed by atoms with Crippen molar-refractivity contribution in [2.75, 3.05) is 0 Å². The minimum absolute atomic E-state index is 0.00483. The maximum atomic E-state index is 13.1. The van der Waals surface area contributed by atoms with Gasteiger partial charge in [0.15, 0.2) is 0 Å². The Kier molecular flexibility index (Phi) is 5.55. The van der Waals surface area contributed by atoms with Crippen LogP contribution in [0.25, 0.3) is 0 Å². The molecule has 5 nitrogen and oxygen atoms in total. The van der Waals surface area contributed by atoms with E-state index in [9.17, 15) is 19.5 Å². The summed E-state index contributed by atoms with van der Waals surface area (Å²) in [6, 6.07) is 9.05. The van der Waals surface area contributed by atoms with Crippen molar-refractivity contribution in [1.29, 1.82) is 0 Å². The van der Waals surface area contributed by atoms with E-state index in [0.717, 1.165) is 19.3 Å². The maximum absolute atomic E-state index is 13.1. The number of aliphatic hydroxyl groups is 1. The first kappa shape index (κ1) is 22.8. The highest BCUT2D eigenvalue weighted by atomic mass is 16.5. The maximum Gasteiger partial charge on any atom is 0.338 e. The molecular weight excluding hydrogens is 416 g/mol. The molecule has 0 aliphatic heterocycles. The Hall–Kier alpha value is -2.01. The van der Waals surface area contributed by atoms with Crippen molar-refractivity contribution in [2.24, 2.45) is 40.4 Å². The minimum Gasteiger partial charge on any atom is -0.458 e. The number of esters is 1. The van der Waals surface area contributed by atoms with Gasteiger partial charge in [-0.1, -0.05) is 32.0 Å². The fourth-order valence-corrected chi connectivity index (χ4v) is 8.67. The van der Waals surface area contributed by atoms with Crippen LogP contribution in [0.4, 0.5) is 0 Å². The predicted octanol–water partition coefficient (Wildman–Crippen LogP) is 4.61. The molecule has 0 aromatic heterocycles. The molecule has 5 rings (SSSR count). The molecule has 33 heavy (non-hydrogen) atoms. The van der Waals surface area contributed by atoms with Gasteiger partial charge in [0.2, 0.25) is 0 Å². The first-order valence-corrected chi connectivity index (χ1v) is 12.6. The zero-order valence-electron chi connectivity index (χ0n) is 20.0. The lowest BCUT2D eigenvalue weighted by molar-refractivity contribution is -0.205. The van der Waals surface area contributed by atoms with Gasteiger partial charge in [-0.2, -0.15) is 0 Å². The van der Waals surface area contributed by atoms with Crippen molar-refractivity contribution in [1.82, 2.24) is 0 Å². The quantitative estimate of drug-likeness (QED) is 0.678. The van der Waals surface area contributed by atoms with Crippen LogP contribution < -0.4 is 0 Å². The molecule has 0 unspecified atom stereocenters. The summed E-state index contributed by atoms with van der Waals surface area (Å²) in [5, 5.41) is 11.6. The summed E-state index contributed by atoms with van der Waals surface area (Å²) < 4.78 is 6.23. The number of rotatable bonds is 3. The molecule has 178 valence electrons. The van der Waals surface area contributed by atoms with Crippen molar-refractivity contribution < 1.29 is 24.2 Å². The summed E-state index contributed by atoms with van der Waals surface area (Å²) in [4.78, 5) is 38.0. The summed E-state index contributed by atoms with van der Waals surface area (Å²) in [5.41, 5.74) is 0.0927. The summed E-state index contributed by atoms with van der Waals surface area (Å²) in [5.74, 6) is 0.395. The number of ether oxygens (including phenoxy) is 1. The Morgan fingerprint density at radius 2 is 1.82 bits per heavy atom. The van der Waals surface area contributed by atoms with Crippen molar-refractivity contribution >= 4 is 17.5 Å². The zero-order valence-corrected chi connectivity index (χ0v) is 20.0. The van der Waals surface area contributed by atoms with Gasteiger partial charge in [-0.3, -0.25) is 9.59 Å². The molecule has 0 saturated heterocycles. The van der Waals surface area contributed by atoms with E-state index >= 15 is 0 Å². The van der Waals surface area contributed by atoms with E-state index in [1.807, 2.05) is 18.2 Å². The monoisotopic (exact) mass is 452 g/mol. The molecule has 4 aliphatic carbocycles. The summed E-state index contributed by atoms with van der Waals surface area (Å²) in [7, 11) is 0. The Morgan fingerprint density at radius 3 is 2.52 bits per heavy atom. The molecule has 0 spiro atoms.